The molecule has 2 N–H and O–H groups in total. The van der Waals surface area contributed by atoms with E-state index in [1.807, 2.05) is 51.1 Å². The maximum absolute atomic E-state index is 14.2. The number of aromatic nitrogens is 1. The predicted octanol–water partition coefficient (Wildman–Crippen LogP) is 8.73. The molecule has 0 bridgehead atoms. The number of aliphatic hydroxyl groups is 1. The summed E-state index contributed by atoms with van der Waals surface area (Å²) in [6.45, 7) is 14.7. The highest BCUT2D eigenvalue weighted by atomic mass is 32.1. The molecule has 4 aromatic carbocycles. The van der Waals surface area contributed by atoms with Crippen LogP contribution in [0, 0.1) is 19.4 Å². The minimum Gasteiger partial charge on any atom is -0.494 e. The van der Waals surface area contributed by atoms with Crippen molar-refractivity contribution < 1.29 is 51.7 Å². The molecule has 0 unspecified atom stereocenters. The first-order valence-corrected chi connectivity index (χ1v) is 25.2. The van der Waals surface area contributed by atoms with Crippen LogP contribution in [0.15, 0.2) is 90.4 Å². The van der Waals surface area contributed by atoms with Crippen molar-refractivity contribution in [3.05, 3.63) is 130 Å². The van der Waals surface area contributed by atoms with Crippen molar-refractivity contribution in [2.45, 2.75) is 83.9 Å². The molecule has 4 amide bonds. The molecule has 4 heterocycles. The summed E-state index contributed by atoms with van der Waals surface area (Å²) in [5.41, 5.74) is 4.52. The van der Waals surface area contributed by atoms with Crippen LogP contribution in [0.1, 0.15) is 72.3 Å². The van der Waals surface area contributed by atoms with Gasteiger partial charge in [0.15, 0.2) is 10.8 Å². The zero-order valence-electron chi connectivity index (χ0n) is 40.4. The third-order valence-corrected chi connectivity index (χ3v) is 14.3. The van der Waals surface area contributed by atoms with E-state index in [9.17, 15) is 37.5 Å². The minimum absolute atomic E-state index is 0.0141. The summed E-state index contributed by atoms with van der Waals surface area (Å²) >= 11 is 7.02. The van der Waals surface area contributed by atoms with Crippen LogP contribution < -0.4 is 24.6 Å². The Morgan fingerprint density at radius 1 is 0.945 bits per heavy atom. The molecule has 20 heteroatoms. The van der Waals surface area contributed by atoms with Crippen molar-refractivity contribution in [1.29, 1.82) is 0 Å². The van der Waals surface area contributed by atoms with Gasteiger partial charge in [-0.15, -0.1) is 11.3 Å². The van der Waals surface area contributed by atoms with Crippen molar-refractivity contribution >= 4 is 69.4 Å². The van der Waals surface area contributed by atoms with Gasteiger partial charge in [-0.3, -0.25) is 24.1 Å². The number of nitrogens with zero attached hydrogens (tertiary/aromatic N) is 6. The highest BCUT2D eigenvalue weighted by Crippen LogP contribution is 2.40. The number of halogens is 3. The van der Waals surface area contributed by atoms with E-state index in [2.05, 4.69) is 15.1 Å². The first-order valence-electron chi connectivity index (χ1n) is 23.9. The number of fused-ring (bicyclic) bond motifs is 1. The lowest BCUT2D eigenvalue weighted by Gasteiger charge is -2.35. The van der Waals surface area contributed by atoms with Gasteiger partial charge in [0.2, 0.25) is 11.8 Å². The number of anilines is 2. The van der Waals surface area contributed by atoms with Crippen molar-refractivity contribution in [3.63, 3.8) is 0 Å². The van der Waals surface area contributed by atoms with Crippen LogP contribution in [0.4, 0.5) is 30.2 Å². The quantitative estimate of drug-likeness (QED) is 0.0437. The van der Waals surface area contributed by atoms with Crippen molar-refractivity contribution in [2.24, 2.45) is 5.92 Å². The first kappa shape index (κ1) is 52.4. The average molecular weight is 1040 g/mol. The maximum atomic E-state index is 14.2. The molecule has 15 nitrogen and oxygen atoms in total. The van der Waals surface area contributed by atoms with Gasteiger partial charge in [-0.2, -0.15) is 13.2 Å². The average Bonchev–Trinajstić information content (AvgIpc) is 4.14. The summed E-state index contributed by atoms with van der Waals surface area (Å²) in [6, 6.07) is 21.3. The Balaban J connectivity index is 0.785. The SMILES string of the molecule is [C-]#[N+]c1ccc(N2C(=O)CN(c3ccc(OCCCOCCCCOc4cc(-c5scnc5C)ccc4CNC(=O)[C@@H]4C[C@@H](O)CN4C(=O)[C@H](C(C)C)N4Cc5ccccc5C4=O)cc3)C2=S)cc1C(F)(F)F. The number of carbonyl (C=O) groups is 4. The van der Waals surface area contributed by atoms with Crippen LogP contribution in [0.2, 0.25) is 0 Å². The predicted molar refractivity (Wildman–Crippen MR) is 272 cm³/mol. The summed E-state index contributed by atoms with van der Waals surface area (Å²) in [7, 11) is 0. The van der Waals surface area contributed by atoms with Crippen LogP contribution >= 0.6 is 23.6 Å². The number of aliphatic hydroxyl groups excluding tert-OH is 1. The van der Waals surface area contributed by atoms with Crippen LogP contribution in [0.3, 0.4) is 0 Å². The highest BCUT2D eigenvalue weighted by molar-refractivity contribution is 7.81. The van der Waals surface area contributed by atoms with Crippen LogP contribution in [0.5, 0.6) is 11.5 Å². The first-order chi connectivity index (χ1) is 35.0. The topological polar surface area (TPSA) is 158 Å². The molecule has 0 spiro atoms. The zero-order chi connectivity index (χ0) is 52.0. The molecule has 0 radical (unpaired) electrons. The molecule has 2 fully saturated rings. The molecule has 2 saturated heterocycles. The van der Waals surface area contributed by atoms with Gasteiger partial charge in [-0.05, 0) is 97.6 Å². The fraction of sp³-hybridized carbons (Fsp3) is 0.377. The van der Waals surface area contributed by atoms with Crippen molar-refractivity contribution in [3.8, 4) is 21.9 Å². The standard InChI is InChI=1S/C53H54F3N7O8S2/c1-32(2)47(62-28-36-10-5-6-11-41(36)50(62)67)51(68)61-29-39(64)26-44(61)49(66)58-27-35-13-12-34(48-33(3)59-31-73-48)24-45(35)71-22-8-7-20-69-21-9-23-70-40-17-14-37(15-18-40)60-30-46(65)63(52(60)72)38-16-19-43(57-4)42(25-38)53(54,55)56/h5-6,10-19,24-25,31-32,39,44,47,64H,7-9,20-23,26-30H2,1-3H3,(H,58,66)/t39-,44+,47+/m1/s1. The maximum Gasteiger partial charge on any atom is 0.407 e. The number of rotatable bonds is 20. The second-order valence-electron chi connectivity index (χ2n) is 18.3. The number of β-amino-alcohol motifs (C(OH)–C–C–N with tert-alkyl or cyclic N) is 1. The summed E-state index contributed by atoms with van der Waals surface area (Å²) in [4.78, 5) is 68.4. The summed E-state index contributed by atoms with van der Waals surface area (Å²) in [5, 5.41) is 13.8. The third-order valence-electron chi connectivity index (χ3n) is 12.9. The van der Waals surface area contributed by atoms with Gasteiger partial charge >= 0.3 is 6.18 Å². The molecule has 382 valence electrons. The van der Waals surface area contributed by atoms with Gasteiger partial charge in [-0.1, -0.05) is 50.2 Å². The van der Waals surface area contributed by atoms with E-state index in [1.165, 1.54) is 27.2 Å². The van der Waals surface area contributed by atoms with E-state index >= 15 is 0 Å². The number of alkyl halides is 3. The summed E-state index contributed by atoms with van der Waals surface area (Å²) in [5.74, 6) is -0.597. The number of aryl methyl sites for hydroxylation is 1. The van der Waals surface area contributed by atoms with Gasteiger partial charge in [0, 0.05) is 68.2 Å². The van der Waals surface area contributed by atoms with E-state index in [4.69, 9.17) is 33.0 Å². The zero-order valence-corrected chi connectivity index (χ0v) is 42.0. The number of hydrogen-bond acceptors (Lipinski definition) is 11. The lowest BCUT2D eigenvalue weighted by Crippen LogP contribution is -2.55. The van der Waals surface area contributed by atoms with Crippen molar-refractivity contribution in [1.82, 2.24) is 20.1 Å². The molecule has 3 aliphatic heterocycles. The number of likely N-dealkylation sites (tertiary alicyclic amines) is 1. The molecular formula is C53H54F3N7O8S2. The number of amides is 4. The number of carbonyl (C=O) groups excluding carboxylic acids is 4. The second-order valence-corrected chi connectivity index (χ2v) is 19.5. The second kappa shape index (κ2) is 22.9. The Hall–Kier alpha value is -6.92. The summed E-state index contributed by atoms with van der Waals surface area (Å²) < 4.78 is 58.9. The summed E-state index contributed by atoms with van der Waals surface area (Å²) in [6.07, 6.45) is -3.59. The molecule has 0 aliphatic carbocycles. The Labute approximate surface area is 430 Å². The molecule has 3 aliphatic rings. The Morgan fingerprint density at radius 2 is 1.67 bits per heavy atom. The highest BCUT2D eigenvalue weighted by Gasteiger charge is 2.46. The van der Waals surface area contributed by atoms with Gasteiger partial charge in [0.1, 0.15) is 30.1 Å². The van der Waals surface area contributed by atoms with Gasteiger partial charge in [0.25, 0.3) is 11.8 Å². The van der Waals surface area contributed by atoms with Gasteiger partial charge in [0.05, 0.1) is 47.5 Å². The largest absolute Gasteiger partial charge is 0.494 e. The number of benzene rings is 4. The smallest absolute Gasteiger partial charge is 0.407 e. The fourth-order valence-corrected chi connectivity index (χ4v) is 10.4. The Kier molecular flexibility index (Phi) is 16.4. The minimum atomic E-state index is -4.78. The normalized spacial score (nSPS) is 17.1. The Morgan fingerprint density at radius 3 is 2.38 bits per heavy atom. The number of unbranched alkanes of at least 4 members (excludes halogenated alkanes) is 1. The molecule has 8 rings (SSSR count). The van der Waals surface area contributed by atoms with E-state index in [1.54, 1.807) is 46.8 Å². The van der Waals surface area contributed by atoms with Crippen LogP contribution in [0.25, 0.3) is 15.3 Å². The fourth-order valence-electron chi connectivity index (χ4n) is 9.22. The molecule has 0 saturated carbocycles. The monoisotopic (exact) mass is 1040 g/mol. The molecular weight excluding hydrogens is 984 g/mol. The van der Waals surface area contributed by atoms with E-state index < -0.39 is 47.4 Å². The Bertz CT molecular complexity index is 2910. The number of thiocarbonyl (C=S) groups is 1. The van der Waals surface area contributed by atoms with Crippen LogP contribution in [-0.2, 0) is 38.4 Å². The molecule has 73 heavy (non-hydrogen) atoms. The molecule has 3 atom stereocenters. The number of hydrogen-bond donors (Lipinski definition) is 2. The van der Waals surface area contributed by atoms with E-state index in [0.29, 0.717) is 68.6 Å². The van der Waals surface area contributed by atoms with Gasteiger partial charge in [-0.25, -0.2) is 9.83 Å². The van der Waals surface area contributed by atoms with Crippen molar-refractivity contribution in [2.75, 3.05) is 49.3 Å². The van der Waals surface area contributed by atoms with E-state index in [0.717, 1.165) is 50.7 Å². The lowest BCUT2D eigenvalue weighted by atomic mass is 10.0. The number of thiazole rings is 1. The van der Waals surface area contributed by atoms with Crippen LogP contribution in [-0.4, -0.2) is 106 Å². The van der Waals surface area contributed by atoms with E-state index in [-0.39, 0.29) is 54.6 Å². The molecule has 1 aromatic heterocycles. The molecule has 5 aromatic rings. The van der Waals surface area contributed by atoms with Gasteiger partial charge < -0.3 is 39.3 Å². The number of ether oxygens (including phenoxy) is 3. The number of nitrogens with one attached hydrogen (secondary N) is 1. The third kappa shape index (κ3) is 11.8. The lowest BCUT2D eigenvalue weighted by molar-refractivity contribution is -0.143.